The van der Waals surface area contributed by atoms with E-state index < -0.39 is 12.1 Å². The van der Waals surface area contributed by atoms with Crippen molar-refractivity contribution in [3.63, 3.8) is 0 Å². The Balaban J connectivity index is 1.44. The fraction of sp³-hybridized carbons (Fsp3) is 0.286. The Morgan fingerprint density at radius 2 is 1.86 bits per heavy atom. The number of hydrogen-bond acceptors (Lipinski definition) is 6. The molecule has 1 heterocycles. The topological polar surface area (TPSA) is 99.0 Å². The summed E-state index contributed by atoms with van der Waals surface area (Å²) in [6.07, 6.45) is 0.891. The summed E-state index contributed by atoms with van der Waals surface area (Å²) < 4.78 is 5.48. The second-order valence-electron chi connectivity index (χ2n) is 7.07. The van der Waals surface area contributed by atoms with Gasteiger partial charge in [0.15, 0.2) is 6.54 Å². The van der Waals surface area contributed by atoms with Crippen LogP contribution in [0.4, 0.5) is 0 Å². The number of nitrogens with zero attached hydrogens (tertiary/aromatic N) is 4. The normalized spacial score (nSPS) is 14.2. The quantitative estimate of drug-likeness (QED) is 0.620. The highest BCUT2D eigenvalue weighted by Crippen LogP contribution is 2.23. The lowest BCUT2D eigenvalue weighted by Crippen LogP contribution is -2.34. The molecule has 1 saturated carbocycles. The fourth-order valence-electron chi connectivity index (χ4n) is 2.82. The molecular formula is C21H21N5O3. The van der Waals surface area contributed by atoms with Crippen LogP contribution in [0.25, 0.3) is 11.4 Å². The zero-order chi connectivity index (χ0) is 20.2. The number of aryl methyl sites for hydroxylation is 1. The van der Waals surface area contributed by atoms with Crippen molar-refractivity contribution in [1.29, 1.82) is 0 Å². The molecule has 8 heteroatoms. The average Bonchev–Trinajstić information content (AvgIpc) is 3.42. The summed E-state index contributed by atoms with van der Waals surface area (Å²) in [5.74, 6) is -0.513. The van der Waals surface area contributed by atoms with E-state index in [1.807, 2.05) is 37.3 Å². The number of esters is 1. The van der Waals surface area contributed by atoms with Crippen LogP contribution in [0.2, 0.25) is 0 Å². The molecule has 2 aromatic carbocycles. The SMILES string of the molecule is Cc1ccc(-c2nnn(CC(=O)O[C@H](C(=O)NC3CC3)c3ccccc3)n2)cc1. The number of tetrazole rings is 1. The van der Waals surface area contributed by atoms with Gasteiger partial charge in [-0.25, -0.2) is 4.79 Å². The van der Waals surface area contributed by atoms with Gasteiger partial charge in [0.05, 0.1) is 0 Å². The molecule has 4 rings (SSSR count). The smallest absolute Gasteiger partial charge is 0.330 e. The standard InChI is InChI=1S/C21H21N5O3/c1-14-7-9-16(10-8-14)20-23-25-26(24-20)13-18(27)29-19(15-5-3-2-4-6-15)21(28)22-17-11-12-17/h2-10,17,19H,11-13H2,1H3,(H,22,28)/t19-/m0/s1. The lowest BCUT2D eigenvalue weighted by Gasteiger charge is -2.17. The minimum atomic E-state index is -1.01. The third-order valence-electron chi connectivity index (χ3n) is 4.55. The van der Waals surface area contributed by atoms with Gasteiger partial charge in [-0.1, -0.05) is 60.2 Å². The van der Waals surface area contributed by atoms with Gasteiger partial charge in [0.1, 0.15) is 0 Å². The van der Waals surface area contributed by atoms with Gasteiger partial charge in [0.25, 0.3) is 5.91 Å². The van der Waals surface area contributed by atoms with Crippen LogP contribution < -0.4 is 5.32 Å². The molecule has 1 aliphatic carbocycles. The Morgan fingerprint density at radius 3 is 2.55 bits per heavy atom. The third-order valence-corrected chi connectivity index (χ3v) is 4.55. The monoisotopic (exact) mass is 391 g/mol. The first-order valence-electron chi connectivity index (χ1n) is 9.48. The van der Waals surface area contributed by atoms with Gasteiger partial charge in [0.2, 0.25) is 11.9 Å². The van der Waals surface area contributed by atoms with E-state index in [1.165, 1.54) is 4.80 Å². The first-order valence-corrected chi connectivity index (χ1v) is 9.48. The number of ether oxygens (including phenoxy) is 1. The van der Waals surface area contributed by atoms with Crippen LogP contribution in [0.5, 0.6) is 0 Å². The Bertz CT molecular complexity index is 997. The number of aromatic nitrogens is 4. The largest absolute Gasteiger partial charge is 0.446 e. The van der Waals surface area contributed by atoms with E-state index in [9.17, 15) is 9.59 Å². The van der Waals surface area contributed by atoms with Crippen molar-refractivity contribution in [2.24, 2.45) is 0 Å². The van der Waals surface area contributed by atoms with Crippen LogP contribution in [0.3, 0.4) is 0 Å². The Labute approximate surface area is 167 Å². The number of carbonyl (C=O) groups excluding carboxylic acids is 2. The summed E-state index contributed by atoms with van der Waals surface area (Å²) >= 11 is 0. The molecule has 29 heavy (non-hydrogen) atoms. The predicted molar refractivity (Wildman–Crippen MR) is 104 cm³/mol. The van der Waals surface area contributed by atoms with E-state index in [0.717, 1.165) is 24.0 Å². The Kier molecular flexibility index (Phi) is 5.33. The van der Waals surface area contributed by atoms with Gasteiger partial charge < -0.3 is 10.1 Å². The first kappa shape index (κ1) is 18.8. The van der Waals surface area contributed by atoms with Crippen molar-refractivity contribution in [3.05, 3.63) is 65.7 Å². The number of carbonyl (C=O) groups is 2. The van der Waals surface area contributed by atoms with Gasteiger partial charge in [-0.05, 0) is 25.0 Å². The minimum absolute atomic E-state index is 0.168. The molecule has 0 radical (unpaired) electrons. The molecule has 1 amide bonds. The van der Waals surface area contributed by atoms with Crippen LogP contribution in [0.15, 0.2) is 54.6 Å². The number of rotatable bonds is 7. The van der Waals surface area contributed by atoms with Gasteiger partial charge >= 0.3 is 5.97 Å². The average molecular weight is 391 g/mol. The van der Waals surface area contributed by atoms with E-state index in [2.05, 4.69) is 20.7 Å². The molecule has 0 saturated heterocycles. The van der Waals surface area contributed by atoms with Crippen molar-refractivity contribution in [1.82, 2.24) is 25.5 Å². The van der Waals surface area contributed by atoms with E-state index >= 15 is 0 Å². The number of nitrogens with one attached hydrogen (secondary N) is 1. The summed E-state index contributed by atoms with van der Waals surface area (Å²) in [6.45, 7) is 1.76. The first-order chi connectivity index (χ1) is 14.1. The summed E-state index contributed by atoms with van der Waals surface area (Å²) in [7, 11) is 0. The van der Waals surface area contributed by atoms with Crippen LogP contribution in [0, 0.1) is 6.92 Å². The minimum Gasteiger partial charge on any atom is -0.446 e. The van der Waals surface area contributed by atoms with E-state index in [-0.39, 0.29) is 18.5 Å². The van der Waals surface area contributed by atoms with E-state index in [0.29, 0.717) is 11.4 Å². The second kappa shape index (κ2) is 8.22. The molecule has 1 N–H and O–H groups in total. The van der Waals surface area contributed by atoms with Crippen molar-refractivity contribution in [2.75, 3.05) is 0 Å². The molecule has 8 nitrogen and oxygen atoms in total. The molecule has 1 fully saturated rings. The van der Waals surface area contributed by atoms with Crippen LogP contribution in [0.1, 0.15) is 30.1 Å². The summed E-state index contributed by atoms with van der Waals surface area (Å²) in [6, 6.07) is 16.8. The molecule has 3 aromatic rings. The Morgan fingerprint density at radius 1 is 1.14 bits per heavy atom. The lowest BCUT2D eigenvalue weighted by atomic mass is 10.1. The molecule has 0 bridgehead atoms. The molecule has 1 aliphatic rings. The molecule has 0 spiro atoms. The van der Waals surface area contributed by atoms with Gasteiger partial charge in [-0.2, -0.15) is 4.80 Å². The molecule has 148 valence electrons. The van der Waals surface area contributed by atoms with Gasteiger partial charge in [-0.3, -0.25) is 4.79 Å². The number of hydrogen-bond donors (Lipinski definition) is 1. The fourth-order valence-corrected chi connectivity index (χ4v) is 2.82. The number of benzene rings is 2. The molecule has 0 unspecified atom stereocenters. The van der Waals surface area contributed by atoms with Gasteiger partial charge in [0, 0.05) is 17.2 Å². The van der Waals surface area contributed by atoms with Crippen LogP contribution in [-0.4, -0.2) is 38.1 Å². The zero-order valence-corrected chi connectivity index (χ0v) is 16.0. The van der Waals surface area contributed by atoms with Crippen molar-refractivity contribution >= 4 is 11.9 Å². The van der Waals surface area contributed by atoms with Crippen LogP contribution in [-0.2, 0) is 20.9 Å². The maximum absolute atomic E-state index is 12.6. The highest BCUT2D eigenvalue weighted by molar-refractivity contribution is 5.85. The Hall–Kier alpha value is -3.55. The predicted octanol–water partition coefficient (Wildman–Crippen LogP) is 2.21. The summed E-state index contributed by atoms with van der Waals surface area (Å²) in [4.78, 5) is 26.2. The lowest BCUT2D eigenvalue weighted by molar-refractivity contribution is -0.157. The summed E-state index contributed by atoms with van der Waals surface area (Å²) in [5.41, 5.74) is 2.55. The van der Waals surface area contributed by atoms with E-state index in [4.69, 9.17) is 4.74 Å². The number of amides is 1. The highest BCUT2D eigenvalue weighted by atomic mass is 16.5. The molecule has 0 aliphatic heterocycles. The molecular weight excluding hydrogens is 370 g/mol. The summed E-state index contributed by atoms with van der Waals surface area (Å²) in [5, 5.41) is 15.0. The highest BCUT2D eigenvalue weighted by Gasteiger charge is 2.31. The molecule has 1 atom stereocenters. The maximum Gasteiger partial charge on any atom is 0.330 e. The second-order valence-corrected chi connectivity index (χ2v) is 7.07. The third kappa shape index (κ3) is 4.84. The van der Waals surface area contributed by atoms with Crippen molar-refractivity contribution < 1.29 is 14.3 Å². The van der Waals surface area contributed by atoms with Crippen molar-refractivity contribution in [3.8, 4) is 11.4 Å². The zero-order valence-electron chi connectivity index (χ0n) is 16.0. The molecule has 1 aromatic heterocycles. The van der Waals surface area contributed by atoms with Crippen LogP contribution >= 0.6 is 0 Å². The van der Waals surface area contributed by atoms with Gasteiger partial charge in [-0.15, -0.1) is 10.2 Å². The van der Waals surface area contributed by atoms with Crippen molar-refractivity contribution in [2.45, 2.75) is 38.5 Å². The van der Waals surface area contributed by atoms with E-state index in [1.54, 1.807) is 24.3 Å². The maximum atomic E-state index is 12.6.